The normalized spacial score (nSPS) is 13.8. The first-order valence-electron chi connectivity index (χ1n) is 11.1. The molecule has 0 saturated heterocycles. The van der Waals surface area contributed by atoms with Gasteiger partial charge in [0.1, 0.15) is 12.1 Å². The molecule has 164 valence electrons. The average molecular weight is 438 g/mol. The van der Waals surface area contributed by atoms with Gasteiger partial charge in [0.05, 0.1) is 39.9 Å². The fraction of sp³-hybridized carbons (Fsp3) is 0.240. The molecule has 8 nitrogen and oxygen atoms in total. The van der Waals surface area contributed by atoms with Crippen LogP contribution in [-0.4, -0.2) is 29.3 Å². The average Bonchev–Trinajstić information content (AvgIpc) is 3.57. The number of hydrogen-bond donors (Lipinski definition) is 1. The third kappa shape index (κ3) is 3.09. The van der Waals surface area contributed by atoms with E-state index in [0.717, 1.165) is 46.4 Å². The van der Waals surface area contributed by atoms with Crippen molar-refractivity contribution in [3.05, 3.63) is 81.8 Å². The number of aromatic nitrogens is 6. The maximum Gasteiger partial charge on any atom is 0.265 e. The second-order valence-corrected chi connectivity index (χ2v) is 8.73. The van der Waals surface area contributed by atoms with Crippen LogP contribution in [0.1, 0.15) is 41.3 Å². The first kappa shape index (κ1) is 19.6. The molecule has 4 heterocycles. The number of aryl methyl sites for hydroxylation is 2. The first-order valence-corrected chi connectivity index (χ1v) is 11.1. The number of nitrogens with zero attached hydrogens (tertiary/aromatic N) is 6. The van der Waals surface area contributed by atoms with E-state index in [1.54, 1.807) is 10.8 Å². The van der Waals surface area contributed by atoms with Crippen LogP contribution < -0.4 is 11.3 Å². The van der Waals surface area contributed by atoms with Gasteiger partial charge < -0.3 is 5.73 Å². The van der Waals surface area contributed by atoms with Crippen LogP contribution in [0.3, 0.4) is 0 Å². The smallest absolute Gasteiger partial charge is 0.265 e. The third-order valence-electron chi connectivity index (χ3n) is 6.41. The van der Waals surface area contributed by atoms with Gasteiger partial charge in [-0.3, -0.25) is 14.3 Å². The molecule has 0 bridgehead atoms. The standard InChI is InChI=1S/C25H23N7O/c1-14-5-3-4-6-19(14)32-17(11-18-20(25(32)33)15(2)9-10-27-18)12-31-24-21(23(26)28-13-29-24)22(30-31)16-7-8-16/h3-6,9-11,13,16H,7-8,12H2,1-2H3,(H2,26,28,29). The number of hydrogen-bond acceptors (Lipinski definition) is 6. The second kappa shape index (κ2) is 7.23. The highest BCUT2D eigenvalue weighted by Crippen LogP contribution is 2.43. The van der Waals surface area contributed by atoms with Gasteiger partial charge >= 0.3 is 0 Å². The summed E-state index contributed by atoms with van der Waals surface area (Å²) in [5.41, 5.74) is 12.0. The molecule has 4 aromatic heterocycles. The van der Waals surface area contributed by atoms with Crippen LogP contribution in [0.5, 0.6) is 0 Å². The van der Waals surface area contributed by atoms with E-state index >= 15 is 0 Å². The van der Waals surface area contributed by atoms with E-state index < -0.39 is 0 Å². The summed E-state index contributed by atoms with van der Waals surface area (Å²) in [5.74, 6) is 0.835. The minimum absolute atomic E-state index is 0.0876. The molecule has 1 fully saturated rings. The third-order valence-corrected chi connectivity index (χ3v) is 6.41. The van der Waals surface area contributed by atoms with Crippen LogP contribution >= 0.6 is 0 Å². The second-order valence-electron chi connectivity index (χ2n) is 8.73. The van der Waals surface area contributed by atoms with Crippen molar-refractivity contribution >= 4 is 27.8 Å². The number of rotatable bonds is 4. The molecule has 0 atom stereocenters. The number of para-hydroxylation sites is 1. The number of nitrogens with two attached hydrogens (primary N) is 1. The van der Waals surface area contributed by atoms with Gasteiger partial charge in [0, 0.05) is 12.1 Å². The van der Waals surface area contributed by atoms with Gasteiger partial charge in [0.25, 0.3) is 5.56 Å². The van der Waals surface area contributed by atoms with Crippen LogP contribution in [0.4, 0.5) is 5.82 Å². The zero-order valence-electron chi connectivity index (χ0n) is 18.5. The van der Waals surface area contributed by atoms with Crippen LogP contribution in [0, 0.1) is 13.8 Å². The van der Waals surface area contributed by atoms with Crippen LogP contribution in [0.2, 0.25) is 0 Å². The van der Waals surface area contributed by atoms with E-state index in [2.05, 4.69) is 15.0 Å². The Morgan fingerprint density at radius 2 is 1.85 bits per heavy atom. The largest absolute Gasteiger partial charge is 0.383 e. The van der Waals surface area contributed by atoms with Crippen LogP contribution in [0.15, 0.2) is 53.7 Å². The maximum atomic E-state index is 13.8. The minimum atomic E-state index is -0.0876. The van der Waals surface area contributed by atoms with Crippen molar-refractivity contribution < 1.29 is 0 Å². The van der Waals surface area contributed by atoms with E-state index in [1.165, 1.54) is 6.33 Å². The summed E-state index contributed by atoms with van der Waals surface area (Å²) < 4.78 is 3.62. The molecule has 1 aliphatic carbocycles. The van der Waals surface area contributed by atoms with Gasteiger partial charge in [-0.25, -0.2) is 14.6 Å². The fourth-order valence-electron chi connectivity index (χ4n) is 4.59. The molecule has 1 saturated carbocycles. The van der Waals surface area contributed by atoms with Crippen LogP contribution in [-0.2, 0) is 6.54 Å². The molecule has 6 rings (SSSR count). The lowest BCUT2D eigenvalue weighted by atomic mass is 10.1. The Balaban J connectivity index is 1.63. The molecule has 0 aliphatic heterocycles. The van der Waals surface area contributed by atoms with Crippen molar-refractivity contribution in [1.82, 2.24) is 29.3 Å². The monoisotopic (exact) mass is 437 g/mol. The Hall–Kier alpha value is -4.07. The summed E-state index contributed by atoms with van der Waals surface area (Å²) in [6.07, 6.45) is 5.38. The van der Waals surface area contributed by atoms with Gasteiger partial charge in [-0.2, -0.15) is 5.10 Å². The van der Waals surface area contributed by atoms with E-state index in [0.29, 0.717) is 34.8 Å². The Morgan fingerprint density at radius 1 is 1.03 bits per heavy atom. The van der Waals surface area contributed by atoms with Crippen molar-refractivity contribution in [2.24, 2.45) is 0 Å². The van der Waals surface area contributed by atoms with Crippen molar-refractivity contribution in [3.8, 4) is 5.69 Å². The number of fused-ring (bicyclic) bond motifs is 2. The van der Waals surface area contributed by atoms with Crippen molar-refractivity contribution in [2.75, 3.05) is 5.73 Å². The highest BCUT2D eigenvalue weighted by Gasteiger charge is 2.31. The molecule has 0 radical (unpaired) electrons. The number of benzene rings is 1. The van der Waals surface area contributed by atoms with E-state index in [9.17, 15) is 4.79 Å². The first-order chi connectivity index (χ1) is 16.0. The predicted molar refractivity (Wildman–Crippen MR) is 128 cm³/mol. The van der Waals surface area contributed by atoms with Crippen molar-refractivity contribution in [1.29, 1.82) is 0 Å². The molecular formula is C25H23N7O. The zero-order valence-corrected chi connectivity index (χ0v) is 18.5. The highest BCUT2D eigenvalue weighted by molar-refractivity contribution is 5.89. The molecule has 0 amide bonds. The van der Waals surface area contributed by atoms with Crippen molar-refractivity contribution in [3.63, 3.8) is 0 Å². The number of pyridine rings is 2. The molecule has 0 unspecified atom stereocenters. The lowest BCUT2D eigenvalue weighted by Crippen LogP contribution is -2.25. The molecule has 1 aliphatic rings. The number of nitrogen functional groups attached to an aromatic ring is 1. The van der Waals surface area contributed by atoms with E-state index in [4.69, 9.17) is 10.8 Å². The van der Waals surface area contributed by atoms with Gasteiger partial charge in [0.2, 0.25) is 0 Å². The molecule has 0 spiro atoms. The summed E-state index contributed by atoms with van der Waals surface area (Å²) in [4.78, 5) is 27.0. The maximum absolute atomic E-state index is 13.8. The summed E-state index contributed by atoms with van der Waals surface area (Å²) in [7, 11) is 0. The number of anilines is 1. The molecule has 33 heavy (non-hydrogen) atoms. The Kier molecular flexibility index (Phi) is 4.29. The summed E-state index contributed by atoms with van der Waals surface area (Å²) in [6, 6.07) is 11.7. The van der Waals surface area contributed by atoms with Crippen LogP contribution in [0.25, 0.3) is 27.6 Å². The Labute approximate surface area is 189 Å². The molecular weight excluding hydrogens is 414 g/mol. The van der Waals surface area contributed by atoms with Gasteiger partial charge in [-0.1, -0.05) is 18.2 Å². The van der Waals surface area contributed by atoms with Crippen molar-refractivity contribution in [2.45, 2.75) is 39.2 Å². The van der Waals surface area contributed by atoms with E-state index in [1.807, 2.05) is 54.9 Å². The SMILES string of the molecule is Cc1ccccc1-n1c(Cn2nc(C3CC3)c3c(N)ncnc32)cc2nccc(C)c2c1=O. The summed E-state index contributed by atoms with van der Waals surface area (Å²) in [5, 5.41) is 6.33. The minimum Gasteiger partial charge on any atom is -0.383 e. The lowest BCUT2D eigenvalue weighted by Gasteiger charge is -2.17. The summed E-state index contributed by atoms with van der Waals surface area (Å²) >= 11 is 0. The molecule has 5 aromatic rings. The van der Waals surface area contributed by atoms with Gasteiger partial charge in [-0.15, -0.1) is 0 Å². The molecule has 2 N–H and O–H groups in total. The van der Waals surface area contributed by atoms with E-state index in [-0.39, 0.29) is 5.56 Å². The Morgan fingerprint density at radius 3 is 2.64 bits per heavy atom. The molecule has 8 heteroatoms. The van der Waals surface area contributed by atoms with Gasteiger partial charge in [-0.05, 0) is 56.0 Å². The van der Waals surface area contributed by atoms with Gasteiger partial charge in [0.15, 0.2) is 5.65 Å². The topological polar surface area (TPSA) is 105 Å². The fourth-order valence-corrected chi connectivity index (χ4v) is 4.59. The zero-order chi connectivity index (χ0) is 22.7. The summed E-state index contributed by atoms with van der Waals surface area (Å²) in [6.45, 7) is 4.30. The molecule has 1 aromatic carbocycles. The quantitative estimate of drug-likeness (QED) is 0.460. The lowest BCUT2D eigenvalue weighted by molar-refractivity contribution is 0.657. The Bertz CT molecular complexity index is 1610. The highest BCUT2D eigenvalue weighted by atomic mass is 16.1. The predicted octanol–water partition coefficient (Wildman–Crippen LogP) is 3.65.